The lowest BCUT2D eigenvalue weighted by atomic mass is 9.84. The Morgan fingerprint density at radius 3 is 2.91 bits per heavy atom. The van der Waals surface area contributed by atoms with Gasteiger partial charge in [-0.3, -0.25) is 15.8 Å². The van der Waals surface area contributed by atoms with Crippen molar-refractivity contribution < 1.29 is 24.5 Å². The predicted molar refractivity (Wildman–Crippen MR) is 117 cm³/mol. The number of nitrogens with zero attached hydrogens (tertiary/aromatic N) is 2. The first-order valence-electron chi connectivity index (χ1n) is 9.89. The first-order chi connectivity index (χ1) is 15.5. The zero-order valence-corrected chi connectivity index (χ0v) is 17.3. The standard InChI is InChI=1S/C22H21N5O5/c1-31-17-8-12(7-16(28)20(17)29)14-5-6-15-18-11(9-23-19(14)18)3-4-13-10-24-21(26-27(13)15)25-22(30)32-2/h3-4,6-10,14,23,28-29H,5H2,1-2H3,(H2,24,25,26,30). The van der Waals surface area contributed by atoms with Crippen LogP contribution in [-0.2, 0) is 4.74 Å². The van der Waals surface area contributed by atoms with Gasteiger partial charge < -0.3 is 24.7 Å². The van der Waals surface area contributed by atoms with Crippen LogP contribution in [0.15, 0.2) is 47.4 Å². The Hall–Kier alpha value is -4.34. The number of phenolic OH excluding ortho intramolecular Hbond substituents is 2. The molecule has 10 heteroatoms. The van der Waals surface area contributed by atoms with Gasteiger partial charge >= 0.3 is 6.09 Å². The number of hydrogen-bond acceptors (Lipinski definition) is 8. The highest BCUT2D eigenvalue weighted by atomic mass is 16.5. The molecule has 0 spiro atoms. The number of allylic oxidation sites excluding steroid dienone is 2. The van der Waals surface area contributed by atoms with E-state index in [-0.39, 0.29) is 29.1 Å². The number of aliphatic imine (C=N–C) groups is 1. The largest absolute Gasteiger partial charge is 0.504 e. The number of methoxy groups -OCH3 is 2. The molecule has 1 aliphatic carbocycles. The Kier molecular flexibility index (Phi) is 4.54. The SMILES string of the molecule is COC(=O)NC1=NC=C2C=Cc3c[nH]c4c3C(=CCC4c3cc(O)c(O)c(OC)c3)N2N1. The monoisotopic (exact) mass is 435 g/mol. The number of fused-ring (bicyclic) bond motifs is 2. The molecule has 0 saturated heterocycles. The number of aromatic amines is 1. The van der Waals surface area contributed by atoms with Crippen molar-refractivity contribution in [2.45, 2.75) is 12.3 Å². The second kappa shape index (κ2) is 7.41. The zero-order chi connectivity index (χ0) is 22.4. The fourth-order valence-electron chi connectivity index (χ4n) is 4.16. The number of rotatable bonds is 2. The molecule has 2 aromatic rings. The first-order valence-corrected chi connectivity index (χ1v) is 9.89. The van der Waals surface area contributed by atoms with Crippen molar-refractivity contribution in [3.05, 3.63) is 64.8 Å². The van der Waals surface area contributed by atoms with Gasteiger partial charge in [-0.15, -0.1) is 0 Å². The maximum absolute atomic E-state index is 11.6. The number of aromatic nitrogens is 1. The van der Waals surface area contributed by atoms with Crippen molar-refractivity contribution in [3.63, 3.8) is 0 Å². The van der Waals surface area contributed by atoms with E-state index in [4.69, 9.17) is 4.74 Å². The van der Waals surface area contributed by atoms with Gasteiger partial charge in [0.05, 0.1) is 31.8 Å². The summed E-state index contributed by atoms with van der Waals surface area (Å²) in [5.41, 5.74) is 8.57. The maximum atomic E-state index is 11.6. The Labute approximate surface area is 183 Å². The second-order valence-corrected chi connectivity index (χ2v) is 7.43. The zero-order valence-electron chi connectivity index (χ0n) is 17.3. The number of phenols is 2. The summed E-state index contributed by atoms with van der Waals surface area (Å²) >= 11 is 0. The highest BCUT2D eigenvalue weighted by Gasteiger charge is 2.33. The number of hydrogen-bond donors (Lipinski definition) is 5. The third-order valence-electron chi connectivity index (χ3n) is 5.67. The van der Waals surface area contributed by atoms with Crippen molar-refractivity contribution in [1.29, 1.82) is 0 Å². The van der Waals surface area contributed by atoms with E-state index in [9.17, 15) is 15.0 Å². The number of nitrogens with one attached hydrogen (secondary N) is 3. The van der Waals surface area contributed by atoms with Crippen molar-refractivity contribution in [2.75, 3.05) is 14.2 Å². The molecule has 164 valence electrons. The molecule has 1 atom stereocenters. The molecular weight excluding hydrogens is 414 g/mol. The number of aromatic hydroxyl groups is 2. The molecule has 3 heterocycles. The van der Waals surface area contributed by atoms with E-state index >= 15 is 0 Å². The number of amides is 1. The van der Waals surface area contributed by atoms with Gasteiger partial charge in [-0.1, -0.05) is 12.2 Å². The average molecular weight is 435 g/mol. The first kappa shape index (κ1) is 19.6. The van der Waals surface area contributed by atoms with Crippen molar-refractivity contribution in [3.8, 4) is 17.2 Å². The molecule has 0 fully saturated rings. The minimum absolute atomic E-state index is 0.0899. The van der Waals surface area contributed by atoms with Crippen molar-refractivity contribution >= 4 is 23.8 Å². The fourth-order valence-corrected chi connectivity index (χ4v) is 4.16. The average Bonchev–Trinajstić information content (AvgIpc) is 3.16. The predicted octanol–water partition coefficient (Wildman–Crippen LogP) is 2.71. The molecule has 1 amide bonds. The van der Waals surface area contributed by atoms with Crippen LogP contribution < -0.4 is 15.5 Å². The Bertz CT molecular complexity index is 1240. The van der Waals surface area contributed by atoms with E-state index in [0.29, 0.717) is 6.42 Å². The van der Waals surface area contributed by atoms with Gasteiger partial charge in [0.15, 0.2) is 11.5 Å². The molecule has 0 saturated carbocycles. The molecule has 5 N–H and O–H groups in total. The summed E-state index contributed by atoms with van der Waals surface area (Å²) in [6.45, 7) is 0. The number of alkyl carbamates (subject to hydrolysis) is 1. The third kappa shape index (κ3) is 3.04. The molecule has 2 aliphatic heterocycles. The van der Waals surface area contributed by atoms with Gasteiger partial charge in [-0.2, -0.15) is 0 Å². The number of H-pyrrole nitrogens is 1. The lowest BCUT2D eigenvalue weighted by Gasteiger charge is -2.34. The van der Waals surface area contributed by atoms with E-state index in [1.807, 2.05) is 23.4 Å². The van der Waals surface area contributed by atoms with E-state index in [1.165, 1.54) is 14.2 Å². The summed E-state index contributed by atoms with van der Waals surface area (Å²) in [5, 5.41) is 24.6. The lowest BCUT2D eigenvalue weighted by Crippen LogP contribution is -2.50. The highest BCUT2D eigenvalue weighted by Crippen LogP contribution is 2.46. The second-order valence-electron chi connectivity index (χ2n) is 7.43. The van der Waals surface area contributed by atoms with Gasteiger partial charge in [0.2, 0.25) is 11.7 Å². The van der Waals surface area contributed by atoms with Crippen LogP contribution in [-0.4, -0.2) is 46.5 Å². The minimum atomic E-state index is -0.625. The molecule has 1 aromatic heterocycles. The molecule has 1 aromatic carbocycles. The minimum Gasteiger partial charge on any atom is -0.504 e. The summed E-state index contributed by atoms with van der Waals surface area (Å²) in [7, 11) is 2.73. The summed E-state index contributed by atoms with van der Waals surface area (Å²) in [6.07, 6.45) is 9.58. The van der Waals surface area contributed by atoms with Gasteiger partial charge in [0, 0.05) is 28.9 Å². The Morgan fingerprint density at radius 2 is 2.12 bits per heavy atom. The molecule has 5 rings (SSSR count). The molecular formula is C22H21N5O5. The van der Waals surface area contributed by atoms with E-state index in [2.05, 4.69) is 31.5 Å². The molecule has 3 aliphatic rings. The number of ether oxygens (including phenoxy) is 2. The van der Waals surface area contributed by atoms with Gasteiger partial charge in [0.25, 0.3) is 0 Å². The molecule has 1 unspecified atom stereocenters. The number of guanidine groups is 1. The van der Waals surface area contributed by atoms with Gasteiger partial charge in [-0.25, -0.2) is 9.79 Å². The van der Waals surface area contributed by atoms with Crippen LogP contribution in [0.3, 0.4) is 0 Å². The quantitative estimate of drug-likeness (QED) is 0.458. The normalized spacial score (nSPS) is 18.2. The Balaban J connectivity index is 1.54. The lowest BCUT2D eigenvalue weighted by molar-refractivity contribution is 0.176. The van der Waals surface area contributed by atoms with Crippen LogP contribution in [0.25, 0.3) is 11.8 Å². The highest BCUT2D eigenvalue weighted by molar-refractivity contribution is 5.95. The van der Waals surface area contributed by atoms with Crippen LogP contribution in [0.4, 0.5) is 4.79 Å². The van der Waals surface area contributed by atoms with Gasteiger partial charge in [0.1, 0.15) is 0 Å². The summed E-state index contributed by atoms with van der Waals surface area (Å²) in [4.78, 5) is 19.2. The number of carbonyl (C=O) groups excluding carboxylic acids is 1. The number of hydrazine groups is 1. The van der Waals surface area contributed by atoms with Crippen molar-refractivity contribution in [1.82, 2.24) is 20.7 Å². The van der Waals surface area contributed by atoms with Crippen LogP contribution in [0.2, 0.25) is 0 Å². The van der Waals surface area contributed by atoms with Crippen LogP contribution in [0, 0.1) is 0 Å². The number of carbonyl (C=O) groups is 1. The van der Waals surface area contributed by atoms with E-state index < -0.39 is 6.09 Å². The molecule has 10 nitrogen and oxygen atoms in total. The van der Waals surface area contributed by atoms with Crippen LogP contribution >= 0.6 is 0 Å². The van der Waals surface area contributed by atoms with Crippen molar-refractivity contribution in [2.24, 2.45) is 4.99 Å². The topological polar surface area (TPSA) is 131 Å². The molecule has 0 bridgehead atoms. The molecule has 32 heavy (non-hydrogen) atoms. The number of benzene rings is 1. The summed E-state index contributed by atoms with van der Waals surface area (Å²) in [6, 6.07) is 3.28. The fraction of sp³-hybridized carbons (Fsp3) is 0.182. The summed E-state index contributed by atoms with van der Waals surface area (Å²) in [5.74, 6) is -0.151. The van der Waals surface area contributed by atoms with Gasteiger partial charge in [-0.05, 0) is 30.2 Å². The van der Waals surface area contributed by atoms with E-state index in [0.717, 1.165) is 33.8 Å². The van der Waals surface area contributed by atoms with Crippen LogP contribution in [0.1, 0.15) is 34.7 Å². The van der Waals surface area contributed by atoms with E-state index in [1.54, 1.807) is 18.3 Å². The smallest absolute Gasteiger partial charge is 0.413 e. The Morgan fingerprint density at radius 1 is 1.28 bits per heavy atom. The maximum Gasteiger partial charge on any atom is 0.413 e. The molecule has 0 radical (unpaired) electrons. The summed E-state index contributed by atoms with van der Waals surface area (Å²) < 4.78 is 9.87. The van der Waals surface area contributed by atoms with Crippen LogP contribution in [0.5, 0.6) is 17.2 Å². The third-order valence-corrected chi connectivity index (χ3v) is 5.67.